The molecule has 17 heavy (non-hydrogen) atoms. The molecule has 2 aromatic rings. The normalized spacial score (nSPS) is 22.6. The summed E-state index contributed by atoms with van der Waals surface area (Å²) >= 11 is 7.62. The topological polar surface area (TPSA) is 12.0 Å². The lowest BCUT2D eigenvalue weighted by atomic mass is 10.1. The molecule has 1 aromatic heterocycles. The summed E-state index contributed by atoms with van der Waals surface area (Å²) in [5.41, 5.74) is 1.45. The van der Waals surface area contributed by atoms with E-state index in [0.29, 0.717) is 12.0 Å². The van der Waals surface area contributed by atoms with Gasteiger partial charge in [0.15, 0.2) is 0 Å². The first-order valence-corrected chi connectivity index (χ1v) is 7.10. The predicted molar refractivity (Wildman–Crippen MR) is 73.8 cm³/mol. The van der Waals surface area contributed by atoms with Gasteiger partial charge < -0.3 is 5.32 Å². The van der Waals surface area contributed by atoms with Gasteiger partial charge in [-0.15, -0.1) is 11.3 Å². The minimum absolute atomic E-state index is 0.637. The Hall–Kier alpha value is -0.830. The summed E-state index contributed by atoms with van der Waals surface area (Å²) in [5.74, 6) is 0.701. The Bertz CT molecular complexity index is 494. The summed E-state index contributed by atoms with van der Waals surface area (Å²) in [6, 6.07) is 13.4. The van der Waals surface area contributed by atoms with Crippen molar-refractivity contribution in [1.82, 2.24) is 5.32 Å². The number of hydrogen-bond donors (Lipinski definition) is 1. The molecule has 1 aliphatic rings. The summed E-state index contributed by atoms with van der Waals surface area (Å²) in [5, 5.41) is 6.42. The number of rotatable bonds is 4. The van der Waals surface area contributed by atoms with Crippen LogP contribution in [0.15, 0.2) is 41.8 Å². The monoisotopic (exact) mass is 263 g/mol. The van der Waals surface area contributed by atoms with E-state index in [2.05, 4.69) is 35.6 Å². The highest BCUT2D eigenvalue weighted by Gasteiger charge is 2.37. The third kappa shape index (κ3) is 2.71. The number of halogens is 1. The number of nitrogens with one attached hydrogen (secondary N) is 1. The maximum absolute atomic E-state index is 5.90. The average Bonchev–Trinajstić information content (AvgIpc) is 3.03. The van der Waals surface area contributed by atoms with Gasteiger partial charge in [0.1, 0.15) is 0 Å². The molecule has 1 aliphatic carbocycles. The van der Waals surface area contributed by atoms with Crippen LogP contribution in [-0.2, 0) is 6.54 Å². The molecular formula is C14H14ClNS. The van der Waals surface area contributed by atoms with Crippen LogP contribution in [0, 0.1) is 0 Å². The van der Waals surface area contributed by atoms with Crippen LogP contribution in [0.5, 0.6) is 0 Å². The van der Waals surface area contributed by atoms with Crippen molar-refractivity contribution < 1.29 is 0 Å². The molecule has 2 atom stereocenters. The number of hydrogen-bond acceptors (Lipinski definition) is 2. The van der Waals surface area contributed by atoms with Crippen molar-refractivity contribution in [2.75, 3.05) is 0 Å². The Morgan fingerprint density at radius 3 is 2.82 bits per heavy atom. The third-order valence-electron chi connectivity index (χ3n) is 3.18. The molecule has 1 heterocycles. The highest BCUT2D eigenvalue weighted by Crippen LogP contribution is 2.40. The molecule has 0 spiro atoms. The molecule has 0 amide bonds. The van der Waals surface area contributed by atoms with E-state index in [9.17, 15) is 0 Å². The minimum Gasteiger partial charge on any atom is -0.308 e. The Morgan fingerprint density at radius 2 is 2.12 bits per heavy atom. The highest BCUT2D eigenvalue weighted by molar-refractivity contribution is 7.10. The zero-order valence-electron chi connectivity index (χ0n) is 9.40. The summed E-state index contributed by atoms with van der Waals surface area (Å²) in [4.78, 5) is 1.31. The van der Waals surface area contributed by atoms with Gasteiger partial charge in [0, 0.05) is 28.8 Å². The van der Waals surface area contributed by atoms with Crippen LogP contribution in [0.1, 0.15) is 22.8 Å². The van der Waals surface area contributed by atoms with Gasteiger partial charge in [0.25, 0.3) is 0 Å². The summed E-state index contributed by atoms with van der Waals surface area (Å²) in [7, 11) is 0. The molecule has 1 aromatic carbocycles. The molecule has 0 saturated heterocycles. The van der Waals surface area contributed by atoms with Crippen LogP contribution in [0.4, 0.5) is 0 Å². The Kier molecular flexibility index (Phi) is 3.19. The number of benzene rings is 1. The average molecular weight is 264 g/mol. The second kappa shape index (κ2) is 4.81. The zero-order valence-corrected chi connectivity index (χ0v) is 11.0. The Morgan fingerprint density at radius 1 is 1.29 bits per heavy atom. The standard InChI is InChI=1S/C14H14ClNS/c15-11-6-12(17-9-11)8-16-14-7-13(14)10-4-2-1-3-5-10/h1-6,9,13-14,16H,7-8H2. The molecule has 0 radical (unpaired) electrons. The Labute approximate surface area is 110 Å². The maximum Gasteiger partial charge on any atom is 0.0516 e. The second-order valence-corrected chi connectivity index (χ2v) is 5.90. The molecule has 1 saturated carbocycles. The van der Waals surface area contributed by atoms with Gasteiger partial charge in [-0.3, -0.25) is 0 Å². The van der Waals surface area contributed by atoms with Crippen LogP contribution in [0.25, 0.3) is 0 Å². The zero-order chi connectivity index (χ0) is 11.7. The molecule has 1 fully saturated rings. The first-order chi connectivity index (χ1) is 8.33. The van der Waals surface area contributed by atoms with Crippen LogP contribution in [-0.4, -0.2) is 6.04 Å². The van der Waals surface area contributed by atoms with Crippen molar-refractivity contribution in [2.24, 2.45) is 0 Å². The van der Waals surface area contributed by atoms with Gasteiger partial charge in [0.2, 0.25) is 0 Å². The van der Waals surface area contributed by atoms with E-state index in [1.54, 1.807) is 11.3 Å². The summed E-state index contributed by atoms with van der Waals surface area (Å²) in [6.07, 6.45) is 1.25. The summed E-state index contributed by atoms with van der Waals surface area (Å²) < 4.78 is 0. The first-order valence-electron chi connectivity index (χ1n) is 5.84. The molecule has 1 N–H and O–H groups in total. The lowest BCUT2D eigenvalue weighted by Gasteiger charge is -2.02. The number of thiophene rings is 1. The lowest BCUT2D eigenvalue weighted by molar-refractivity contribution is 0.679. The SMILES string of the molecule is Clc1csc(CNC2CC2c2ccccc2)c1. The van der Waals surface area contributed by atoms with Gasteiger partial charge in [-0.05, 0) is 18.1 Å². The molecule has 0 bridgehead atoms. The fourth-order valence-electron chi connectivity index (χ4n) is 2.17. The van der Waals surface area contributed by atoms with Gasteiger partial charge in [0.05, 0.1) is 5.02 Å². The van der Waals surface area contributed by atoms with E-state index in [1.807, 2.05) is 11.4 Å². The van der Waals surface area contributed by atoms with Gasteiger partial charge in [-0.25, -0.2) is 0 Å². The fourth-order valence-corrected chi connectivity index (χ4v) is 3.19. The first kappa shape index (κ1) is 11.3. The van der Waals surface area contributed by atoms with Crippen molar-refractivity contribution >= 4 is 22.9 Å². The van der Waals surface area contributed by atoms with Crippen LogP contribution >= 0.6 is 22.9 Å². The molecule has 3 rings (SSSR count). The fraction of sp³-hybridized carbons (Fsp3) is 0.286. The quantitative estimate of drug-likeness (QED) is 0.878. The van der Waals surface area contributed by atoms with E-state index in [-0.39, 0.29) is 0 Å². The summed E-state index contributed by atoms with van der Waals surface area (Å²) in [6.45, 7) is 0.936. The molecule has 1 nitrogen and oxygen atoms in total. The van der Waals surface area contributed by atoms with Crippen molar-refractivity contribution in [3.05, 3.63) is 57.2 Å². The van der Waals surface area contributed by atoms with Crippen LogP contribution in [0.3, 0.4) is 0 Å². The van der Waals surface area contributed by atoms with Crippen molar-refractivity contribution in [3.8, 4) is 0 Å². The van der Waals surface area contributed by atoms with Gasteiger partial charge in [-0.2, -0.15) is 0 Å². The van der Waals surface area contributed by atoms with E-state index in [4.69, 9.17) is 11.6 Å². The van der Waals surface area contributed by atoms with E-state index in [0.717, 1.165) is 11.6 Å². The van der Waals surface area contributed by atoms with Crippen molar-refractivity contribution in [3.63, 3.8) is 0 Å². The smallest absolute Gasteiger partial charge is 0.0516 e. The van der Waals surface area contributed by atoms with Crippen LogP contribution < -0.4 is 5.32 Å². The molecule has 3 heteroatoms. The van der Waals surface area contributed by atoms with Crippen molar-refractivity contribution in [1.29, 1.82) is 0 Å². The van der Waals surface area contributed by atoms with Crippen molar-refractivity contribution in [2.45, 2.75) is 24.9 Å². The van der Waals surface area contributed by atoms with Crippen LogP contribution in [0.2, 0.25) is 5.02 Å². The van der Waals surface area contributed by atoms with Gasteiger partial charge >= 0.3 is 0 Å². The minimum atomic E-state index is 0.637. The molecule has 2 unspecified atom stereocenters. The third-order valence-corrected chi connectivity index (χ3v) is 4.46. The van der Waals surface area contributed by atoms with E-state index < -0.39 is 0 Å². The molecule has 88 valence electrons. The van der Waals surface area contributed by atoms with E-state index in [1.165, 1.54) is 16.9 Å². The lowest BCUT2D eigenvalue weighted by Crippen LogP contribution is -2.16. The second-order valence-electron chi connectivity index (χ2n) is 4.47. The molecule has 0 aliphatic heterocycles. The largest absolute Gasteiger partial charge is 0.308 e. The maximum atomic E-state index is 5.90. The Balaban J connectivity index is 1.53. The molecular weight excluding hydrogens is 250 g/mol. The van der Waals surface area contributed by atoms with E-state index >= 15 is 0 Å². The predicted octanol–water partition coefficient (Wildman–Crippen LogP) is 4.05. The van der Waals surface area contributed by atoms with Gasteiger partial charge in [-0.1, -0.05) is 41.9 Å². The highest BCUT2D eigenvalue weighted by atomic mass is 35.5.